The lowest BCUT2D eigenvalue weighted by atomic mass is 10.0. The monoisotopic (exact) mass is 209 g/mol. The van der Waals surface area contributed by atoms with E-state index in [1.807, 2.05) is 0 Å². The van der Waals surface area contributed by atoms with Crippen molar-refractivity contribution in [3.8, 4) is 6.07 Å². The first kappa shape index (κ1) is 12.5. The van der Waals surface area contributed by atoms with Crippen LogP contribution < -0.4 is 0 Å². The Balaban J connectivity index is 2.60. The average Bonchev–Trinajstić information content (AvgIpc) is 2.13. The van der Waals surface area contributed by atoms with Gasteiger partial charge in [0, 0.05) is 31.7 Å². The SMILES string of the molecule is CC(C)CN1CC(C)N(C)CC1CC#N. The van der Waals surface area contributed by atoms with Crippen molar-refractivity contribution in [1.29, 1.82) is 5.26 Å². The third-order valence-corrected chi connectivity index (χ3v) is 3.19. The van der Waals surface area contributed by atoms with E-state index in [9.17, 15) is 0 Å². The van der Waals surface area contributed by atoms with Crippen LogP contribution >= 0.6 is 0 Å². The van der Waals surface area contributed by atoms with Crippen LogP contribution in [-0.2, 0) is 0 Å². The van der Waals surface area contributed by atoms with Crippen LogP contribution in [0.1, 0.15) is 27.2 Å². The fraction of sp³-hybridized carbons (Fsp3) is 0.917. The second-order valence-corrected chi connectivity index (χ2v) is 5.15. The van der Waals surface area contributed by atoms with Crippen molar-refractivity contribution in [3.63, 3.8) is 0 Å². The molecule has 0 saturated carbocycles. The summed E-state index contributed by atoms with van der Waals surface area (Å²) in [6.45, 7) is 9.99. The molecule has 2 unspecified atom stereocenters. The summed E-state index contributed by atoms with van der Waals surface area (Å²) in [5, 5.41) is 8.83. The first-order valence-corrected chi connectivity index (χ1v) is 5.85. The van der Waals surface area contributed by atoms with Crippen molar-refractivity contribution in [1.82, 2.24) is 9.80 Å². The molecule has 86 valence electrons. The van der Waals surface area contributed by atoms with Gasteiger partial charge in [0.05, 0.1) is 12.5 Å². The number of hydrogen-bond donors (Lipinski definition) is 0. The Morgan fingerprint density at radius 3 is 2.60 bits per heavy atom. The molecule has 0 aliphatic carbocycles. The van der Waals surface area contributed by atoms with Gasteiger partial charge >= 0.3 is 0 Å². The van der Waals surface area contributed by atoms with E-state index >= 15 is 0 Å². The summed E-state index contributed by atoms with van der Waals surface area (Å²) in [4.78, 5) is 4.84. The number of nitrogens with zero attached hydrogens (tertiary/aromatic N) is 3. The lowest BCUT2D eigenvalue weighted by Gasteiger charge is -2.43. The van der Waals surface area contributed by atoms with Crippen molar-refractivity contribution < 1.29 is 0 Å². The standard InChI is InChI=1S/C12H23N3/c1-10(2)7-15-8-11(3)14(4)9-12(15)5-6-13/h10-12H,5,7-9H2,1-4H3. The molecule has 1 saturated heterocycles. The molecule has 0 amide bonds. The van der Waals surface area contributed by atoms with Gasteiger partial charge in [-0.1, -0.05) is 13.8 Å². The Hall–Kier alpha value is -0.590. The van der Waals surface area contributed by atoms with E-state index in [2.05, 4.69) is 43.7 Å². The van der Waals surface area contributed by atoms with E-state index in [1.54, 1.807) is 0 Å². The second kappa shape index (κ2) is 5.48. The van der Waals surface area contributed by atoms with Gasteiger partial charge in [-0.15, -0.1) is 0 Å². The zero-order chi connectivity index (χ0) is 11.4. The molecule has 1 heterocycles. The van der Waals surface area contributed by atoms with Crippen molar-refractivity contribution >= 4 is 0 Å². The van der Waals surface area contributed by atoms with Crippen LogP contribution in [0.25, 0.3) is 0 Å². The van der Waals surface area contributed by atoms with Crippen LogP contribution in [0.5, 0.6) is 0 Å². The number of rotatable bonds is 3. The predicted octanol–water partition coefficient (Wildman–Crippen LogP) is 1.56. The van der Waals surface area contributed by atoms with Crippen molar-refractivity contribution in [2.24, 2.45) is 5.92 Å². The number of nitriles is 1. The third kappa shape index (κ3) is 3.48. The Morgan fingerprint density at radius 2 is 2.07 bits per heavy atom. The molecule has 0 spiro atoms. The lowest BCUT2D eigenvalue weighted by molar-refractivity contribution is 0.0457. The highest BCUT2D eigenvalue weighted by Gasteiger charge is 2.29. The lowest BCUT2D eigenvalue weighted by Crippen LogP contribution is -2.56. The highest BCUT2D eigenvalue weighted by Crippen LogP contribution is 2.17. The maximum Gasteiger partial charge on any atom is 0.0638 e. The molecule has 0 N–H and O–H groups in total. The molecule has 1 aliphatic heterocycles. The zero-order valence-corrected chi connectivity index (χ0v) is 10.4. The van der Waals surface area contributed by atoms with Gasteiger partial charge in [-0.25, -0.2) is 0 Å². The molecular formula is C12H23N3. The number of piperazine rings is 1. The Labute approximate surface area is 93.7 Å². The van der Waals surface area contributed by atoms with Crippen LogP contribution in [0, 0.1) is 17.2 Å². The van der Waals surface area contributed by atoms with Crippen molar-refractivity contribution in [3.05, 3.63) is 0 Å². The molecule has 15 heavy (non-hydrogen) atoms. The summed E-state index contributed by atoms with van der Waals surface area (Å²) in [6, 6.07) is 3.35. The maximum atomic E-state index is 8.83. The second-order valence-electron chi connectivity index (χ2n) is 5.15. The van der Waals surface area contributed by atoms with E-state index in [0.717, 1.165) is 19.6 Å². The molecule has 0 aromatic rings. The van der Waals surface area contributed by atoms with E-state index in [0.29, 0.717) is 24.4 Å². The smallest absolute Gasteiger partial charge is 0.0638 e. The summed E-state index contributed by atoms with van der Waals surface area (Å²) in [6.07, 6.45) is 0.657. The molecule has 1 aliphatic rings. The first-order chi connectivity index (χ1) is 7.04. The average molecular weight is 209 g/mol. The van der Waals surface area contributed by atoms with E-state index in [4.69, 9.17) is 5.26 Å². The Morgan fingerprint density at radius 1 is 1.40 bits per heavy atom. The molecule has 3 heteroatoms. The van der Waals surface area contributed by atoms with Crippen molar-refractivity contribution in [2.45, 2.75) is 39.3 Å². The molecule has 2 atom stereocenters. The number of likely N-dealkylation sites (N-methyl/N-ethyl adjacent to an activating group) is 1. The summed E-state index contributed by atoms with van der Waals surface area (Å²) in [5.74, 6) is 0.682. The minimum absolute atomic E-state index is 0.429. The van der Waals surface area contributed by atoms with Crippen LogP contribution in [0.2, 0.25) is 0 Å². The van der Waals surface area contributed by atoms with E-state index in [1.165, 1.54) is 0 Å². The Kier molecular flexibility index (Phi) is 4.56. The first-order valence-electron chi connectivity index (χ1n) is 5.85. The molecule has 3 nitrogen and oxygen atoms in total. The molecule has 0 bridgehead atoms. The molecule has 1 fully saturated rings. The van der Waals surface area contributed by atoms with Gasteiger partial charge in [0.25, 0.3) is 0 Å². The Bertz CT molecular complexity index is 232. The van der Waals surface area contributed by atoms with Gasteiger partial charge in [0.1, 0.15) is 0 Å². The highest BCUT2D eigenvalue weighted by atomic mass is 15.3. The fourth-order valence-corrected chi connectivity index (χ4v) is 2.25. The summed E-state index contributed by atoms with van der Waals surface area (Å²) < 4.78 is 0. The normalized spacial score (nSPS) is 29.3. The van der Waals surface area contributed by atoms with E-state index in [-0.39, 0.29) is 0 Å². The van der Waals surface area contributed by atoms with Crippen LogP contribution in [0.3, 0.4) is 0 Å². The van der Waals surface area contributed by atoms with Crippen molar-refractivity contribution in [2.75, 3.05) is 26.7 Å². The summed E-state index contributed by atoms with van der Waals surface area (Å²) in [7, 11) is 2.15. The van der Waals surface area contributed by atoms with Gasteiger partial charge in [0.2, 0.25) is 0 Å². The molecule has 0 aromatic carbocycles. The predicted molar refractivity (Wildman–Crippen MR) is 62.5 cm³/mol. The minimum Gasteiger partial charge on any atom is -0.301 e. The van der Waals surface area contributed by atoms with Gasteiger partial charge in [-0.3, -0.25) is 4.90 Å². The fourth-order valence-electron chi connectivity index (χ4n) is 2.25. The zero-order valence-electron chi connectivity index (χ0n) is 10.4. The molecular weight excluding hydrogens is 186 g/mol. The van der Waals surface area contributed by atoms with E-state index < -0.39 is 0 Å². The number of hydrogen-bond acceptors (Lipinski definition) is 3. The van der Waals surface area contributed by atoms with Gasteiger partial charge in [-0.05, 0) is 19.9 Å². The molecule has 1 rings (SSSR count). The topological polar surface area (TPSA) is 30.3 Å². The largest absolute Gasteiger partial charge is 0.301 e. The third-order valence-electron chi connectivity index (χ3n) is 3.19. The van der Waals surface area contributed by atoms with Crippen LogP contribution in [0.4, 0.5) is 0 Å². The van der Waals surface area contributed by atoms with Gasteiger partial charge < -0.3 is 4.90 Å². The van der Waals surface area contributed by atoms with Gasteiger partial charge in [0.15, 0.2) is 0 Å². The molecule has 0 radical (unpaired) electrons. The highest BCUT2D eigenvalue weighted by molar-refractivity contribution is 4.90. The summed E-state index contributed by atoms with van der Waals surface area (Å²) >= 11 is 0. The molecule has 0 aromatic heterocycles. The van der Waals surface area contributed by atoms with Crippen LogP contribution in [-0.4, -0.2) is 48.6 Å². The quantitative estimate of drug-likeness (QED) is 0.706. The van der Waals surface area contributed by atoms with Crippen LogP contribution in [0.15, 0.2) is 0 Å². The minimum atomic E-state index is 0.429. The maximum absolute atomic E-state index is 8.83. The summed E-state index contributed by atoms with van der Waals surface area (Å²) in [5.41, 5.74) is 0. The van der Waals surface area contributed by atoms with Gasteiger partial charge in [-0.2, -0.15) is 5.26 Å².